The number of fused-ring (bicyclic) bond motifs is 3. The molecule has 2 aliphatic carbocycles. The second-order valence-corrected chi connectivity index (χ2v) is 9.78. The van der Waals surface area contributed by atoms with Crippen molar-refractivity contribution in [1.29, 1.82) is 0 Å². The number of aryl methyl sites for hydroxylation is 1. The molecule has 7 nitrogen and oxygen atoms in total. The fraction of sp³-hybridized carbons (Fsp3) is 0.345. The Kier molecular flexibility index (Phi) is 6.29. The highest BCUT2D eigenvalue weighted by molar-refractivity contribution is 5.89. The molecule has 0 amide bonds. The molecule has 200 valence electrons. The first-order valence-corrected chi connectivity index (χ1v) is 12.8. The molecule has 1 saturated carbocycles. The largest absolute Gasteiger partial charge is 0.573 e. The fourth-order valence-electron chi connectivity index (χ4n) is 4.97. The van der Waals surface area contributed by atoms with Gasteiger partial charge in [0.05, 0.1) is 13.0 Å². The van der Waals surface area contributed by atoms with Gasteiger partial charge in [0.1, 0.15) is 5.75 Å². The van der Waals surface area contributed by atoms with E-state index in [-0.39, 0.29) is 29.3 Å². The number of esters is 1. The monoisotopic (exact) mass is 535 g/mol. The summed E-state index contributed by atoms with van der Waals surface area (Å²) in [4.78, 5) is 19.9. The Morgan fingerprint density at radius 1 is 1.15 bits per heavy atom. The minimum absolute atomic E-state index is 0.0565. The average molecular weight is 536 g/mol. The highest BCUT2D eigenvalue weighted by atomic mass is 19.4. The van der Waals surface area contributed by atoms with Gasteiger partial charge in [0.15, 0.2) is 0 Å². The van der Waals surface area contributed by atoms with Crippen molar-refractivity contribution >= 4 is 16.9 Å². The first-order valence-electron chi connectivity index (χ1n) is 12.8. The van der Waals surface area contributed by atoms with E-state index in [9.17, 15) is 18.0 Å². The fourth-order valence-corrected chi connectivity index (χ4v) is 4.97. The smallest absolute Gasteiger partial charge is 0.466 e. The molecule has 0 aliphatic heterocycles. The number of nitrogens with zero attached hydrogens (tertiary/aromatic N) is 2. The van der Waals surface area contributed by atoms with Crippen LogP contribution in [-0.2, 0) is 16.0 Å². The minimum Gasteiger partial charge on any atom is -0.466 e. The summed E-state index contributed by atoms with van der Waals surface area (Å²) in [5.74, 6) is 6.08. The van der Waals surface area contributed by atoms with E-state index in [0.717, 1.165) is 47.8 Å². The van der Waals surface area contributed by atoms with Gasteiger partial charge in [0, 0.05) is 45.1 Å². The van der Waals surface area contributed by atoms with E-state index in [2.05, 4.69) is 31.7 Å². The van der Waals surface area contributed by atoms with Gasteiger partial charge in [-0.05, 0) is 74.6 Å². The molecular weight excluding hydrogens is 511 g/mol. The van der Waals surface area contributed by atoms with E-state index in [4.69, 9.17) is 9.26 Å². The van der Waals surface area contributed by atoms with Gasteiger partial charge in [0.25, 0.3) is 5.89 Å². The maximum Gasteiger partial charge on any atom is 0.573 e. The van der Waals surface area contributed by atoms with Gasteiger partial charge in [-0.2, -0.15) is 4.98 Å². The lowest BCUT2D eigenvalue weighted by Gasteiger charge is -2.10. The van der Waals surface area contributed by atoms with Gasteiger partial charge in [-0.25, -0.2) is 0 Å². The molecule has 2 aromatic heterocycles. The van der Waals surface area contributed by atoms with Gasteiger partial charge in [-0.1, -0.05) is 17.0 Å². The number of alkyl halides is 3. The van der Waals surface area contributed by atoms with Gasteiger partial charge in [-0.3, -0.25) is 4.79 Å². The van der Waals surface area contributed by atoms with Crippen molar-refractivity contribution in [2.45, 2.75) is 51.3 Å². The zero-order valence-corrected chi connectivity index (χ0v) is 21.0. The third-order valence-electron chi connectivity index (χ3n) is 6.88. The van der Waals surface area contributed by atoms with Crippen LogP contribution in [0.1, 0.15) is 55.3 Å². The molecule has 1 N–H and O–H groups in total. The van der Waals surface area contributed by atoms with Gasteiger partial charge >= 0.3 is 12.3 Å². The lowest BCUT2D eigenvalue weighted by molar-refractivity contribution is -0.274. The molecule has 2 aromatic carbocycles. The van der Waals surface area contributed by atoms with Crippen molar-refractivity contribution in [3.63, 3.8) is 0 Å². The summed E-state index contributed by atoms with van der Waals surface area (Å²) in [6.45, 7) is 2.15. The number of carbonyl (C=O) groups excluding carboxylic acids is 1. The first kappa shape index (κ1) is 25.0. The van der Waals surface area contributed by atoms with Crippen molar-refractivity contribution in [2.75, 3.05) is 6.61 Å². The highest BCUT2D eigenvalue weighted by Crippen LogP contribution is 2.41. The second kappa shape index (κ2) is 9.80. The molecule has 0 bridgehead atoms. The topological polar surface area (TPSA) is 90.2 Å². The Hall–Kier alpha value is -4.26. The predicted octanol–water partition coefficient (Wildman–Crippen LogP) is 6.53. The number of ether oxygens (including phenoxy) is 2. The molecule has 0 saturated heterocycles. The van der Waals surface area contributed by atoms with Gasteiger partial charge in [0.2, 0.25) is 5.82 Å². The van der Waals surface area contributed by atoms with Crippen LogP contribution in [0.2, 0.25) is 0 Å². The van der Waals surface area contributed by atoms with Crippen molar-refractivity contribution in [3.8, 4) is 40.4 Å². The number of aromatic amines is 1. The number of aromatic nitrogens is 3. The Morgan fingerprint density at radius 2 is 2.00 bits per heavy atom. The molecule has 4 aromatic rings. The lowest BCUT2D eigenvalue weighted by atomic mass is 10.0. The summed E-state index contributed by atoms with van der Waals surface area (Å²) in [5.41, 5.74) is 4.49. The van der Waals surface area contributed by atoms with Crippen LogP contribution >= 0.6 is 0 Å². The number of hydrogen-bond donors (Lipinski definition) is 1. The molecule has 2 heterocycles. The van der Waals surface area contributed by atoms with Crippen molar-refractivity contribution < 1.29 is 32.0 Å². The molecule has 1 atom stereocenters. The van der Waals surface area contributed by atoms with E-state index in [1.165, 1.54) is 12.1 Å². The molecule has 1 unspecified atom stereocenters. The average Bonchev–Trinajstić information content (AvgIpc) is 3.27. The van der Waals surface area contributed by atoms with Crippen molar-refractivity contribution in [2.24, 2.45) is 5.92 Å². The SMILES string of the molecule is CCOC(=O)CC1CCc2c1[nH]c1ccc(-c3noc(-c4cc(C#CC5CC5)cc(OC(F)(F)F)c4)n3)cc21. The van der Waals surface area contributed by atoms with E-state index in [1.54, 1.807) is 13.0 Å². The van der Waals surface area contributed by atoms with Gasteiger partial charge < -0.3 is 19.0 Å². The Balaban J connectivity index is 1.30. The number of rotatable bonds is 6. The maximum absolute atomic E-state index is 12.9. The molecule has 0 radical (unpaired) electrons. The van der Waals surface area contributed by atoms with Crippen LogP contribution in [0.25, 0.3) is 33.7 Å². The lowest BCUT2D eigenvalue weighted by Crippen LogP contribution is -2.17. The molecular formula is C29H24F3N3O4. The number of nitrogens with one attached hydrogen (secondary N) is 1. The maximum atomic E-state index is 12.9. The van der Waals surface area contributed by atoms with Crippen LogP contribution in [-0.4, -0.2) is 34.1 Å². The highest BCUT2D eigenvalue weighted by Gasteiger charge is 2.32. The van der Waals surface area contributed by atoms with E-state index < -0.39 is 12.1 Å². The van der Waals surface area contributed by atoms with Crippen LogP contribution in [0.15, 0.2) is 40.9 Å². The number of H-pyrrole nitrogens is 1. The summed E-state index contributed by atoms with van der Waals surface area (Å²) in [6, 6.07) is 9.80. The number of carbonyl (C=O) groups is 1. The van der Waals surface area contributed by atoms with Crippen molar-refractivity contribution in [1.82, 2.24) is 15.1 Å². The Morgan fingerprint density at radius 3 is 2.77 bits per heavy atom. The summed E-state index contributed by atoms with van der Waals surface area (Å²) in [5, 5.41) is 5.10. The van der Waals surface area contributed by atoms with Crippen LogP contribution in [0.3, 0.4) is 0 Å². The summed E-state index contributed by atoms with van der Waals surface area (Å²) < 4.78 is 53.5. The van der Waals surface area contributed by atoms with E-state index >= 15 is 0 Å². The first-order chi connectivity index (χ1) is 18.8. The molecule has 6 rings (SSSR count). The molecule has 1 fully saturated rings. The number of benzene rings is 2. The Bertz CT molecular complexity index is 1620. The third kappa shape index (κ3) is 5.48. The van der Waals surface area contributed by atoms with Crippen LogP contribution < -0.4 is 4.74 Å². The second-order valence-electron chi connectivity index (χ2n) is 9.78. The zero-order valence-electron chi connectivity index (χ0n) is 21.0. The molecule has 0 spiro atoms. The Labute approximate surface area is 221 Å². The summed E-state index contributed by atoms with van der Waals surface area (Å²) >= 11 is 0. The summed E-state index contributed by atoms with van der Waals surface area (Å²) in [6.07, 6.45) is -0.842. The van der Waals surface area contributed by atoms with Crippen LogP contribution in [0, 0.1) is 17.8 Å². The minimum atomic E-state index is -4.85. The molecule has 10 heteroatoms. The van der Waals surface area contributed by atoms with Gasteiger partial charge in [-0.15, -0.1) is 13.2 Å². The summed E-state index contributed by atoms with van der Waals surface area (Å²) in [7, 11) is 0. The molecule has 39 heavy (non-hydrogen) atoms. The standard InChI is InChI=1S/C29H24F3N3O4/c1-2-37-25(36)15-18-7-9-22-23-14-19(8-10-24(23)33-26(18)22)27-34-28(39-35-27)20-11-17(6-5-16-3-4-16)12-21(13-20)38-29(30,31)32/h8,10-14,16,18,33H,2-4,7,9,15H2,1H3. The number of halogens is 3. The quantitative estimate of drug-likeness (QED) is 0.223. The normalized spacial score (nSPS) is 16.6. The predicted molar refractivity (Wildman–Crippen MR) is 136 cm³/mol. The molecule has 2 aliphatic rings. The third-order valence-corrected chi connectivity index (χ3v) is 6.88. The van der Waals surface area contributed by atoms with Crippen molar-refractivity contribution in [3.05, 3.63) is 53.2 Å². The number of hydrogen-bond acceptors (Lipinski definition) is 6. The van der Waals surface area contributed by atoms with E-state index in [0.29, 0.717) is 30.0 Å². The van der Waals surface area contributed by atoms with Crippen LogP contribution in [0.5, 0.6) is 5.75 Å². The zero-order chi connectivity index (χ0) is 27.1. The van der Waals surface area contributed by atoms with Crippen LogP contribution in [0.4, 0.5) is 13.2 Å². The van der Waals surface area contributed by atoms with E-state index in [1.807, 2.05) is 18.2 Å².